The Morgan fingerprint density at radius 2 is 1.53 bits per heavy atom. The molecule has 2 unspecified atom stereocenters. The Hall–Kier alpha value is -3.52. The molecule has 0 spiro atoms. The normalized spacial score (nSPS) is 20.6. The summed E-state index contributed by atoms with van der Waals surface area (Å²) in [4.78, 5) is 0. The summed E-state index contributed by atoms with van der Waals surface area (Å²) in [5.74, 6) is -0.712. The highest BCUT2D eigenvalue weighted by Crippen LogP contribution is 2.47. The number of methoxy groups -OCH3 is 1. The van der Waals surface area contributed by atoms with Gasteiger partial charge in [-0.3, -0.25) is 0 Å². The smallest absolute Gasteiger partial charge is 0.374 e. The van der Waals surface area contributed by atoms with E-state index in [0.717, 1.165) is 5.56 Å². The number of rotatable bonds is 5. The van der Waals surface area contributed by atoms with Crippen LogP contribution in [0.5, 0.6) is 11.5 Å². The maximum Gasteiger partial charge on any atom is 0.374 e. The Morgan fingerprint density at radius 3 is 2.17 bits per heavy atom. The zero-order valence-corrected chi connectivity index (χ0v) is 16.3. The van der Waals surface area contributed by atoms with E-state index in [1.165, 1.54) is 31.4 Å². The van der Waals surface area contributed by atoms with Gasteiger partial charge in [0.25, 0.3) is 6.23 Å². The summed E-state index contributed by atoms with van der Waals surface area (Å²) in [5.41, 5.74) is 1.45. The summed E-state index contributed by atoms with van der Waals surface area (Å²) in [6, 6.07) is 20.6. The second kappa shape index (κ2) is 7.72. The quantitative estimate of drug-likeness (QED) is 0.467. The van der Waals surface area contributed by atoms with E-state index in [9.17, 15) is 20.5 Å². The monoisotopic (exact) mass is 408 g/mol. The second-order valence-corrected chi connectivity index (χ2v) is 6.93. The van der Waals surface area contributed by atoms with Crippen LogP contribution in [-0.4, -0.2) is 27.6 Å². The Bertz CT molecular complexity index is 1080. The van der Waals surface area contributed by atoms with Crippen LogP contribution in [0.4, 0.5) is 5.69 Å². The van der Waals surface area contributed by atoms with Crippen molar-refractivity contribution >= 4 is 11.4 Å². The molecule has 2 atom stereocenters. The van der Waals surface area contributed by atoms with Crippen LogP contribution in [0.25, 0.3) is 5.76 Å². The van der Waals surface area contributed by atoms with E-state index in [0.29, 0.717) is 11.5 Å². The number of quaternary nitrogens is 1. The molecule has 0 fully saturated rings. The average molecular weight is 408 g/mol. The predicted molar refractivity (Wildman–Crippen MR) is 111 cm³/mol. The zero-order valence-electron chi connectivity index (χ0n) is 16.3. The molecule has 0 aromatic heterocycles. The molecular formula is C23H22NO6+. The number of aliphatic hydroxyl groups excluding tert-OH is 3. The fourth-order valence-corrected chi connectivity index (χ4v) is 3.52. The topological polar surface area (TPSA) is 99.4 Å². The van der Waals surface area contributed by atoms with E-state index in [2.05, 4.69) is 0 Å². The number of aliphatic hydroxyl groups is 3. The molecule has 0 radical (unpaired) electrons. The van der Waals surface area contributed by atoms with Gasteiger partial charge in [0, 0.05) is 17.7 Å². The highest BCUT2D eigenvalue weighted by atomic mass is 16.6. The lowest BCUT2D eigenvalue weighted by molar-refractivity contribution is -0.188. The number of fused-ring (bicyclic) bond motifs is 1. The molecule has 154 valence electrons. The first-order valence-corrected chi connectivity index (χ1v) is 9.33. The average Bonchev–Trinajstić information content (AvgIpc) is 2.80. The van der Waals surface area contributed by atoms with Crippen LogP contribution in [0.2, 0.25) is 0 Å². The minimum atomic E-state index is -1.60. The number of para-hydroxylation sites is 1. The van der Waals surface area contributed by atoms with Crippen molar-refractivity contribution in [2.75, 3.05) is 7.11 Å². The first-order valence-electron chi connectivity index (χ1n) is 9.33. The van der Waals surface area contributed by atoms with Crippen molar-refractivity contribution in [1.82, 2.24) is 4.65 Å². The molecule has 4 rings (SSSR count). The molecular weight excluding hydrogens is 386 g/mol. The highest BCUT2D eigenvalue weighted by Gasteiger charge is 2.51. The van der Waals surface area contributed by atoms with Crippen LogP contribution in [0.15, 0.2) is 78.7 Å². The summed E-state index contributed by atoms with van der Waals surface area (Å²) in [6.45, 7) is 0.263. The van der Waals surface area contributed by atoms with Gasteiger partial charge in [-0.1, -0.05) is 53.2 Å². The largest absolute Gasteiger partial charge is 0.500 e. The fraction of sp³-hybridized carbons (Fsp3) is 0.130. The van der Waals surface area contributed by atoms with E-state index in [4.69, 9.17) is 9.47 Å². The van der Waals surface area contributed by atoms with Crippen LogP contribution in [-0.2, 0) is 6.61 Å². The zero-order chi connectivity index (χ0) is 21.3. The molecule has 1 aliphatic rings. The van der Waals surface area contributed by atoms with Gasteiger partial charge < -0.3 is 24.8 Å². The molecule has 0 aliphatic carbocycles. The molecule has 7 nitrogen and oxygen atoms in total. The summed E-state index contributed by atoms with van der Waals surface area (Å²) >= 11 is 0. The minimum absolute atomic E-state index is 0.141. The van der Waals surface area contributed by atoms with Crippen molar-refractivity contribution in [3.63, 3.8) is 0 Å². The third-order valence-electron chi connectivity index (χ3n) is 5.14. The third-order valence-corrected chi connectivity index (χ3v) is 5.14. The molecule has 30 heavy (non-hydrogen) atoms. The van der Waals surface area contributed by atoms with Crippen LogP contribution < -0.4 is 14.1 Å². The molecule has 7 heteroatoms. The van der Waals surface area contributed by atoms with Crippen LogP contribution in [0, 0.1) is 0 Å². The molecule has 4 N–H and O–H groups in total. The highest BCUT2D eigenvalue weighted by molar-refractivity contribution is 5.72. The van der Waals surface area contributed by atoms with Crippen molar-refractivity contribution in [2.45, 2.75) is 12.8 Å². The molecule has 1 heterocycles. The standard InChI is InChI=1S/C23H21NO6/c1-29-19-13-18-17(12-20(19)30-14-15-8-4-2-5-9-15)21(25)23(27)24(28,22(18)26)16-10-6-3-7-11-16/h2-13,22,26,28H,14H2,1H3,(H-,25,27)/p+1. The van der Waals surface area contributed by atoms with Gasteiger partial charge in [0.2, 0.25) is 5.76 Å². The summed E-state index contributed by atoms with van der Waals surface area (Å²) in [7, 11) is 1.46. The van der Waals surface area contributed by atoms with Crippen molar-refractivity contribution in [2.24, 2.45) is 0 Å². The second-order valence-electron chi connectivity index (χ2n) is 6.93. The van der Waals surface area contributed by atoms with Gasteiger partial charge in [-0.25, -0.2) is 5.21 Å². The summed E-state index contributed by atoms with van der Waals surface area (Å²) < 4.78 is 9.86. The number of benzene rings is 3. The maximum absolute atomic E-state index is 11.1. The molecule has 0 bridgehead atoms. The van der Waals surface area contributed by atoms with E-state index in [-0.39, 0.29) is 23.4 Å². The Labute approximate surface area is 173 Å². The van der Waals surface area contributed by atoms with Gasteiger partial charge in [-0.15, -0.1) is 0 Å². The van der Waals surface area contributed by atoms with Gasteiger partial charge in [-0.05, 0) is 17.7 Å². The molecule has 3 aromatic carbocycles. The number of hydroxylamine groups is 2. The summed E-state index contributed by atoms with van der Waals surface area (Å²) in [5, 5.41) is 43.4. The Kier molecular flexibility index (Phi) is 5.09. The number of hydrogen-bond donors (Lipinski definition) is 4. The lowest BCUT2D eigenvalue weighted by Gasteiger charge is -2.36. The van der Waals surface area contributed by atoms with E-state index < -0.39 is 22.5 Å². The van der Waals surface area contributed by atoms with Crippen LogP contribution in [0.3, 0.4) is 0 Å². The first kappa shape index (κ1) is 19.8. The first-order chi connectivity index (χ1) is 14.5. The fourth-order valence-electron chi connectivity index (χ4n) is 3.52. The molecule has 1 aliphatic heterocycles. The van der Waals surface area contributed by atoms with Crippen molar-refractivity contribution in [1.29, 1.82) is 0 Å². The van der Waals surface area contributed by atoms with Crippen molar-refractivity contribution in [3.05, 3.63) is 95.4 Å². The number of nitrogens with zero attached hydrogens (tertiary/aromatic N) is 1. The molecule has 0 saturated heterocycles. The Balaban J connectivity index is 1.77. The van der Waals surface area contributed by atoms with Gasteiger partial charge in [0.15, 0.2) is 17.2 Å². The molecule has 0 saturated carbocycles. The van der Waals surface area contributed by atoms with Gasteiger partial charge in [-0.2, -0.15) is 0 Å². The maximum atomic E-state index is 11.1. The van der Waals surface area contributed by atoms with Crippen LogP contribution in [0.1, 0.15) is 22.9 Å². The van der Waals surface area contributed by atoms with Crippen molar-refractivity contribution < 1.29 is 30.0 Å². The molecule has 3 aromatic rings. The van der Waals surface area contributed by atoms with Gasteiger partial charge >= 0.3 is 5.88 Å². The van der Waals surface area contributed by atoms with Crippen molar-refractivity contribution in [3.8, 4) is 11.5 Å². The van der Waals surface area contributed by atoms with E-state index in [1.807, 2.05) is 30.3 Å². The SMILES string of the molecule is COc1cc2c(cc1OCc1ccccc1)C(O)=C(O)[N+](O)(c1ccccc1)C2O. The summed E-state index contributed by atoms with van der Waals surface area (Å²) in [6.07, 6.45) is -1.60. The number of ether oxygens (including phenoxy) is 2. The van der Waals surface area contributed by atoms with Crippen LogP contribution >= 0.6 is 0 Å². The van der Waals surface area contributed by atoms with Gasteiger partial charge in [0.05, 0.1) is 12.7 Å². The lowest BCUT2D eigenvalue weighted by Crippen LogP contribution is -2.50. The predicted octanol–water partition coefficient (Wildman–Crippen LogP) is 4.42. The Morgan fingerprint density at radius 1 is 0.900 bits per heavy atom. The van der Waals surface area contributed by atoms with E-state index in [1.54, 1.807) is 18.2 Å². The molecule has 0 amide bonds. The number of hydrogen-bond acceptors (Lipinski definition) is 6. The van der Waals surface area contributed by atoms with Gasteiger partial charge in [0.1, 0.15) is 6.61 Å². The lowest BCUT2D eigenvalue weighted by atomic mass is 9.98. The minimum Gasteiger partial charge on any atom is -0.500 e. The third kappa shape index (κ3) is 3.15. The van der Waals surface area contributed by atoms with E-state index >= 15 is 0 Å².